The SMILES string of the molecule is COc1cc(-c2cc(C(=O)N3CC[C@H](C(=O)N[C@H]4CN(CC(C)(C)F)CC4(F)F)CC34CC4)[nH]n2)c(F)cn1. The van der Waals surface area contributed by atoms with Crippen LogP contribution in [-0.2, 0) is 4.79 Å². The fourth-order valence-corrected chi connectivity index (χ4v) is 5.75. The lowest BCUT2D eigenvalue weighted by atomic mass is 9.87. The van der Waals surface area contributed by atoms with E-state index >= 15 is 0 Å². The number of carbonyl (C=O) groups excluding carboxylic acids is 2. The monoisotopic (exact) mass is 552 g/mol. The van der Waals surface area contributed by atoms with Crippen molar-refractivity contribution in [3.8, 4) is 17.1 Å². The number of nitrogens with one attached hydrogen (secondary N) is 2. The minimum atomic E-state index is -3.16. The molecule has 2 atom stereocenters. The second-order valence-corrected chi connectivity index (χ2v) is 11.5. The Kier molecular flexibility index (Phi) is 6.84. The second-order valence-electron chi connectivity index (χ2n) is 11.5. The van der Waals surface area contributed by atoms with Crippen molar-refractivity contribution < 1.29 is 31.9 Å². The van der Waals surface area contributed by atoms with Crippen molar-refractivity contribution in [1.82, 2.24) is 30.3 Å². The summed E-state index contributed by atoms with van der Waals surface area (Å²) in [6, 6.07) is 1.46. The molecule has 4 heterocycles. The maximum absolute atomic E-state index is 14.6. The molecule has 13 heteroatoms. The van der Waals surface area contributed by atoms with E-state index in [1.165, 1.54) is 38.0 Å². The van der Waals surface area contributed by atoms with Gasteiger partial charge in [0.1, 0.15) is 17.4 Å². The quantitative estimate of drug-likeness (QED) is 0.512. The molecule has 2 amide bonds. The molecule has 3 aliphatic rings. The lowest BCUT2D eigenvalue weighted by Crippen LogP contribution is -2.54. The van der Waals surface area contributed by atoms with Crippen molar-refractivity contribution in [2.45, 2.75) is 62.7 Å². The summed E-state index contributed by atoms with van der Waals surface area (Å²) < 4.78 is 62.6. The van der Waals surface area contributed by atoms with Crippen LogP contribution in [0.3, 0.4) is 0 Å². The number of aromatic nitrogens is 3. The topological polar surface area (TPSA) is 103 Å². The molecule has 39 heavy (non-hydrogen) atoms. The van der Waals surface area contributed by atoms with E-state index in [0.29, 0.717) is 25.7 Å². The van der Waals surface area contributed by atoms with E-state index in [1.54, 1.807) is 4.90 Å². The number of amides is 2. The Bertz CT molecular complexity index is 1260. The van der Waals surface area contributed by atoms with Crippen molar-refractivity contribution >= 4 is 11.8 Å². The number of aromatic amines is 1. The van der Waals surface area contributed by atoms with Gasteiger partial charge in [0.25, 0.3) is 11.8 Å². The number of pyridine rings is 1. The Balaban J connectivity index is 1.23. The standard InChI is InChI=1S/C26H32F4N6O3/c1-24(2,28)13-35-12-20(26(29,30)14-35)32-22(37)15-4-7-36(25(10-15)5-6-25)23(38)19-9-18(33-34-19)16-8-21(39-3)31-11-17(16)27/h8-9,11,15,20H,4-7,10,12-14H2,1-3H3,(H,32,37)(H,33,34)/t15-,20-/m0/s1. The average Bonchev–Trinajstić information content (AvgIpc) is 3.32. The van der Waals surface area contributed by atoms with E-state index in [2.05, 4.69) is 20.5 Å². The van der Waals surface area contributed by atoms with Gasteiger partial charge in [0, 0.05) is 42.7 Å². The third kappa shape index (κ3) is 5.59. The summed E-state index contributed by atoms with van der Waals surface area (Å²) in [7, 11) is 1.41. The number of hydrogen-bond donors (Lipinski definition) is 2. The molecular weight excluding hydrogens is 520 g/mol. The first-order valence-corrected chi connectivity index (χ1v) is 13.0. The van der Waals surface area contributed by atoms with Gasteiger partial charge >= 0.3 is 0 Å². The summed E-state index contributed by atoms with van der Waals surface area (Å²) in [5.74, 6) is -4.88. The lowest BCUT2D eigenvalue weighted by molar-refractivity contribution is -0.130. The average molecular weight is 553 g/mol. The molecule has 0 unspecified atom stereocenters. The molecule has 5 rings (SSSR count). The molecule has 212 valence electrons. The van der Waals surface area contributed by atoms with Gasteiger partial charge in [0.15, 0.2) is 5.82 Å². The number of H-pyrrole nitrogens is 1. The Morgan fingerprint density at radius 1 is 1.28 bits per heavy atom. The van der Waals surface area contributed by atoms with Gasteiger partial charge in [-0.05, 0) is 45.6 Å². The Morgan fingerprint density at radius 3 is 2.69 bits per heavy atom. The number of carbonyl (C=O) groups is 2. The van der Waals surface area contributed by atoms with E-state index in [0.717, 1.165) is 6.20 Å². The first-order chi connectivity index (χ1) is 18.3. The number of hydrogen-bond acceptors (Lipinski definition) is 6. The summed E-state index contributed by atoms with van der Waals surface area (Å²) in [4.78, 5) is 33.3. The lowest BCUT2D eigenvalue weighted by Gasteiger charge is -2.39. The van der Waals surface area contributed by atoms with E-state index < -0.39 is 47.4 Å². The summed E-state index contributed by atoms with van der Waals surface area (Å²) in [5, 5.41) is 9.28. The van der Waals surface area contributed by atoms with Crippen molar-refractivity contribution in [2.75, 3.05) is 33.3 Å². The number of nitrogens with zero attached hydrogens (tertiary/aromatic N) is 4. The molecule has 2 aromatic rings. The normalized spacial score (nSPS) is 24.1. The van der Waals surface area contributed by atoms with E-state index in [4.69, 9.17) is 4.74 Å². The number of halogens is 4. The number of piperidine rings is 1. The minimum Gasteiger partial charge on any atom is -0.481 e. The molecule has 2 aromatic heterocycles. The Morgan fingerprint density at radius 2 is 2.03 bits per heavy atom. The van der Waals surface area contributed by atoms with Crippen LogP contribution in [-0.4, -0.2) is 93.3 Å². The summed E-state index contributed by atoms with van der Waals surface area (Å²) in [6.07, 6.45) is 3.08. The maximum Gasteiger partial charge on any atom is 0.281 e. The van der Waals surface area contributed by atoms with Crippen molar-refractivity contribution in [3.63, 3.8) is 0 Å². The van der Waals surface area contributed by atoms with Gasteiger partial charge in [-0.1, -0.05) is 0 Å². The van der Waals surface area contributed by atoms with E-state index in [9.17, 15) is 27.2 Å². The molecular formula is C26H32F4N6O3. The van der Waals surface area contributed by atoms with Crippen LogP contribution in [0.5, 0.6) is 5.88 Å². The van der Waals surface area contributed by atoms with Gasteiger partial charge in [-0.25, -0.2) is 22.5 Å². The summed E-state index contributed by atoms with van der Waals surface area (Å²) in [5.41, 5.74) is -1.63. The van der Waals surface area contributed by atoms with Crippen LogP contribution < -0.4 is 10.1 Å². The summed E-state index contributed by atoms with van der Waals surface area (Å²) >= 11 is 0. The van der Waals surface area contributed by atoms with Crippen molar-refractivity contribution in [2.24, 2.45) is 5.92 Å². The smallest absolute Gasteiger partial charge is 0.281 e. The van der Waals surface area contributed by atoms with Crippen LogP contribution in [0.15, 0.2) is 18.3 Å². The number of methoxy groups -OCH3 is 1. The van der Waals surface area contributed by atoms with Gasteiger partial charge in [0.2, 0.25) is 11.8 Å². The van der Waals surface area contributed by atoms with Crippen LogP contribution >= 0.6 is 0 Å². The highest BCUT2D eigenvalue weighted by Crippen LogP contribution is 2.50. The van der Waals surface area contributed by atoms with Crippen molar-refractivity contribution in [3.05, 3.63) is 29.8 Å². The third-order valence-electron chi connectivity index (χ3n) is 7.77. The molecule has 0 aromatic carbocycles. The van der Waals surface area contributed by atoms with Gasteiger partial charge < -0.3 is 15.0 Å². The molecule has 1 aliphatic carbocycles. The molecule has 0 bridgehead atoms. The van der Waals surface area contributed by atoms with Crippen LogP contribution in [0.4, 0.5) is 17.6 Å². The molecule has 2 N–H and O–H groups in total. The van der Waals surface area contributed by atoms with Gasteiger partial charge in [-0.15, -0.1) is 0 Å². The largest absolute Gasteiger partial charge is 0.481 e. The van der Waals surface area contributed by atoms with Crippen LogP contribution in [0.1, 0.15) is 50.0 Å². The highest BCUT2D eigenvalue weighted by atomic mass is 19.3. The molecule has 9 nitrogen and oxygen atoms in total. The maximum atomic E-state index is 14.6. The molecule has 2 aliphatic heterocycles. The minimum absolute atomic E-state index is 0.124. The highest BCUT2D eigenvalue weighted by Gasteiger charge is 2.56. The van der Waals surface area contributed by atoms with E-state index in [1.807, 2.05) is 0 Å². The number of rotatable bonds is 7. The predicted octanol–water partition coefficient (Wildman–Crippen LogP) is 3.19. The first-order valence-electron chi connectivity index (χ1n) is 13.0. The number of ether oxygens (including phenoxy) is 1. The van der Waals surface area contributed by atoms with Gasteiger partial charge in [0.05, 0.1) is 25.5 Å². The second kappa shape index (κ2) is 9.76. The molecule has 1 saturated carbocycles. The van der Waals surface area contributed by atoms with Crippen LogP contribution in [0.2, 0.25) is 0 Å². The fourth-order valence-electron chi connectivity index (χ4n) is 5.75. The van der Waals surface area contributed by atoms with Gasteiger partial charge in [-0.3, -0.25) is 19.6 Å². The zero-order chi connectivity index (χ0) is 28.2. The molecule has 1 spiro atoms. The molecule has 0 radical (unpaired) electrons. The molecule has 3 fully saturated rings. The van der Waals surface area contributed by atoms with E-state index in [-0.39, 0.29) is 48.4 Å². The fraction of sp³-hybridized carbons (Fsp3) is 0.615. The Labute approximate surface area is 223 Å². The van der Waals surface area contributed by atoms with Gasteiger partial charge in [-0.2, -0.15) is 5.10 Å². The van der Waals surface area contributed by atoms with Crippen LogP contribution in [0.25, 0.3) is 11.3 Å². The van der Waals surface area contributed by atoms with Crippen LogP contribution in [0, 0.1) is 11.7 Å². The highest BCUT2D eigenvalue weighted by molar-refractivity contribution is 5.94. The zero-order valence-corrected chi connectivity index (χ0v) is 22.1. The molecule has 2 saturated heterocycles. The number of alkyl halides is 3. The third-order valence-corrected chi connectivity index (χ3v) is 7.77. The van der Waals surface area contributed by atoms with Crippen molar-refractivity contribution in [1.29, 1.82) is 0 Å². The first kappa shape index (κ1) is 27.4. The summed E-state index contributed by atoms with van der Waals surface area (Å²) in [6.45, 7) is 2.06. The predicted molar refractivity (Wildman–Crippen MR) is 133 cm³/mol. The Hall–Kier alpha value is -3.22. The zero-order valence-electron chi connectivity index (χ0n) is 22.1. The number of likely N-dealkylation sites (tertiary alicyclic amines) is 2.